The molecule has 2 N–H and O–H groups in total. The third-order valence-electron chi connectivity index (χ3n) is 3.29. The van der Waals surface area contributed by atoms with E-state index in [1.807, 2.05) is 13.0 Å². The van der Waals surface area contributed by atoms with Gasteiger partial charge >= 0.3 is 5.97 Å². The standard InChI is InChI=1S/C17H26O6/c1-3-4-10-22-17(20)16(12-19)23-14-8-7-13(6-5-9-18)11-15(14)21-2/h7-8,11,16,18-19H,3-6,9-10,12H2,1-2H3. The van der Waals surface area contributed by atoms with Gasteiger partial charge < -0.3 is 24.4 Å². The summed E-state index contributed by atoms with van der Waals surface area (Å²) >= 11 is 0. The molecule has 0 amide bonds. The van der Waals surface area contributed by atoms with Crippen molar-refractivity contribution >= 4 is 5.97 Å². The van der Waals surface area contributed by atoms with Crippen molar-refractivity contribution < 1.29 is 29.2 Å². The van der Waals surface area contributed by atoms with E-state index >= 15 is 0 Å². The smallest absolute Gasteiger partial charge is 0.349 e. The molecule has 130 valence electrons. The van der Waals surface area contributed by atoms with Gasteiger partial charge in [-0.05, 0) is 37.0 Å². The lowest BCUT2D eigenvalue weighted by atomic mass is 10.1. The minimum atomic E-state index is -1.08. The van der Waals surface area contributed by atoms with Gasteiger partial charge in [0.2, 0.25) is 6.10 Å². The number of unbranched alkanes of at least 4 members (excludes halogenated alkanes) is 1. The molecule has 0 aliphatic heterocycles. The highest BCUT2D eigenvalue weighted by atomic mass is 16.6. The SMILES string of the molecule is CCCCOC(=O)C(CO)Oc1ccc(CCCO)cc1OC. The predicted octanol–water partition coefficient (Wildman–Crippen LogP) is 1.70. The zero-order valence-corrected chi connectivity index (χ0v) is 13.8. The Balaban J connectivity index is 2.74. The molecular weight excluding hydrogens is 300 g/mol. The molecule has 1 unspecified atom stereocenters. The van der Waals surface area contributed by atoms with Crippen LogP contribution in [0, 0.1) is 0 Å². The summed E-state index contributed by atoms with van der Waals surface area (Å²) in [4.78, 5) is 11.9. The molecule has 0 spiro atoms. The quantitative estimate of drug-likeness (QED) is 0.475. The van der Waals surface area contributed by atoms with Gasteiger partial charge in [0.15, 0.2) is 11.5 Å². The molecule has 1 aromatic rings. The molecule has 23 heavy (non-hydrogen) atoms. The number of ether oxygens (including phenoxy) is 3. The number of methoxy groups -OCH3 is 1. The molecule has 1 rings (SSSR count). The number of carbonyl (C=O) groups excluding carboxylic acids is 1. The average molecular weight is 326 g/mol. The Hall–Kier alpha value is -1.79. The molecular formula is C17H26O6. The third-order valence-corrected chi connectivity index (χ3v) is 3.29. The van der Waals surface area contributed by atoms with Crippen molar-refractivity contribution in [1.82, 2.24) is 0 Å². The molecule has 0 aromatic heterocycles. The predicted molar refractivity (Wildman–Crippen MR) is 85.8 cm³/mol. The number of aryl methyl sites for hydroxylation is 1. The topological polar surface area (TPSA) is 85.2 Å². The van der Waals surface area contributed by atoms with Gasteiger partial charge in [-0.1, -0.05) is 19.4 Å². The number of hydrogen-bond acceptors (Lipinski definition) is 6. The van der Waals surface area contributed by atoms with Gasteiger partial charge in [0.1, 0.15) is 0 Å². The summed E-state index contributed by atoms with van der Waals surface area (Å²) in [6, 6.07) is 5.32. The van der Waals surface area contributed by atoms with E-state index < -0.39 is 18.7 Å². The van der Waals surface area contributed by atoms with Crippen molar-refractivity contribution in [2.45, 2.75) is 38.7 Å². The van der Waals surface area contributed by atoms with Crippen molar-refractivity contribution in [3.8, 4) is 11.5 Å². The number of esters is 1. The molecule has 0 aliphatic carbocycles. The summed E-state index contributed by atoms with van der Waals surface area (Å²) in [6.07, 6.45) is 1.99. The van der Waals surface area contributed by atoms with E-state index in [-0.39, 0.29) is 6.61 Å². The van der Waals surface area contributed by atoms with E-state index in [9.17, 15) is 9.90 Å². The summed E-state index contributed by atoms with van der Waals surface area (Å²) in [5, 5.41) is 18.2. The number of benzene rings is 1. The van der Waals surface area contributed by atoms with E-state index in [0.717, 1.165) is 24.8 Å². The summed E-state index contributed by atoms with van der Waals surface area (Å²) in [6.45, 7) is 1.96. The van der Waals surface area contributed by atoms with E-state index in [1.54, 1.807) is 12.1 Å². The maximum Gasteiger partial charge on any atom is 0.349 e. The van der Waals surface area contributed by atoms with E-state index in [4.69, 9.17) is 19.3 Å². The fourth-order valence-electron chi connectivity index (χ4n) is 1.97. The summed E-state index contributed by atoms with van der Waals surface area (Å²) < 4.78 is 15.9. The minimum Gasteiger partial charge on any atom is -0.493 e. The van der Waals surface area contributed by atoms with Gasteiger partial charge in [-0.2, -0.15) is 0 Å². The molecule has 0 saturated carbocycles. The third kappa shape index (κ3) is 6.46. The molecule has 0 heterocycles. The highest BCUT2D eigenvalue weighted by molar-refractivity contribution is 5.75. The lowest BCUT2D eigenvalue weighted by molar-refractivity contribution is -0.153. The Morgan fingerprint density at radius 2 is 2.00 bits per heavy atom. The van der Waals surface area contributed by atoms with Crippen LogP contribution in [0.5, 0.6) is 11.5 Å². The van der Waals surface area contributed by atoms with Gasteiger partial charge in [0.05, 0.1) is 20.3 Å². The Bertz CT molecular complexity index is 474. The lowest BCUT2D eigenvalue weighted by Gasteiger charge is -2.18. The van der Waals surface area contributed by atoms with Gasteiger partial charge in [0, 0.05) is 6.61 Å². The molecule has 6 heteroatoms. The first-order chi connectivity index (χ1) is 11.2. The van der Waals surface area contributed by atoms with Crippen LogP contribution in [-0.4, -0.2) is 49.2 Å². The van der Waals surface area contributed by atoms with Crippen LogP contribution in [0.2, 0.25) is 0 Å². The maximum atomic E-state index is 11.9. The Morgan fingerprint density at radius 1 is 1.22 bits per heavy atom. The first-order valence-corrected chi connectivity index (χ1v) is 7.88. The largest absolute Gasteiger partial charge is 0.493 e. The lowest BCUT2D eigenvalue weighted by Crippen LogP contribution is -2.33. The molecule has 0 saturated heterocycles. The minimum absolute atomic E-state index is 0.122. The fourth-order valence-corrected chi connectivity index (χ4v) is 1.97. The highest BCUT2D eigenvalue weighted by Crippen LogP contribution is 2.29. The van der Waals surface area contributed by atoms with Crippen molar-refractivity contribution in [2.24, 2.45) is 0 Å². The molecule has 1 atom stereocenters. The van der Waals surface area contributed by atoms with Crippen LogP contribution >= 0.6 is 0 Å². The highest BCUT2D eigenvalue weighted by Gasteiger charge is 2.22. The van der Waals surface area contributed by atoms with Crippen molar-refractivity contribution in [3.63, 3.8) is 0 Å². The van der Waals surface area contributed by atoms with Gasteiger partial charge in [-0.15, -0.1) is 0 Å². The van der Waals surface area contributed by atoms with E-state index in [2.05, 4.69) is 0 Å². The number of carbonyl (C=O) groups is 1. The maximum absolute atomic E-state index is 11.9. The van der Waals surface area contributed by atoms with Crippen molar-refractivity contribution in [1.29, 1.82) is 0 Å². The second-order valence-corrected chi connectivity index (χ2v) is 5.12. The number of hydrogen-bond donors (Lipinski definition) is 2. The summed E-state index contributed by atoms with van der Waals surface area (Å²) in [5.41, 5.74) is 0.995. The van der Waals surface area contributed by atoms with Crippen molar-refractivity contribution in [2.75, 3.05) is 26.9 Å². The second-order valence-electron chi connectivity index (χ2n) is 5.12. The van der Waals surface area contributed by atoms with Crippen LogP contribution in [0.1, 0.15) is 31.7 Å². The van der Waals surface area contributed by atoms with E-state index in [0.29, 0.717) is 24.5 Å². The van der Waals surface area contributed by atoms with Gasteiger partial charge in [-0.25, -0.2) is 4.79 Å². The normalized spacial score (nSPS) is 11.8. The number of rotatable bonds is 11. The van der Waals surface area contributed by atoms with Crippen LogP contribution < -0.4 is 9.47 Å². The first kappa shape index (κ1) is 19.3. The summed E-state index contributed by atoms with van der Waals surface area (Å²) in [7, 11) is 1.51. The zero-order chi connectivity index (χ0) is 17.1. The van der Waals surface area contributed by atoms with Gasteiger partial charge in [0.25, 0.3) is 0 Å². The number of aliphatic hydroxyl groups excluding tert-OH is 2. The fraction of sp³-hybridized carbons (Fsp3) is 0.588. The number of aliphatic hydroxyl groups is 2. The average Bonchev–Trinajstić information content (AvgIpc) is 2.58. The van der Waals surface area contributed by atoms with Crippen LogP contribution in [0.15, 0.2) is 18.2 Å². The Kier molecular flexibility index (Phi) is 9.09. The monoisotopic (exact) mass is 326 g/mol. The van der Waals surface area contributed by atoms with Crippen molar-refractivity contribution in [3.05, 3.63) is 23.8 Å². The second kappa shape index (κ2) is 10.9. The molecule has 0 aliphatic rings. The van der Waals surface area contributed by atoms with Crippen LogP contribution in [-0.2, 0) is 16.0 Å². The summed E-state index contributed by atoms with van der Waals surface area (Å²) in [5.74, 6) is 0.249. The van der Waals surface area contributed by atoms with E-state index in [1.165, 1.54) is 7.11 Å². The van der Waals surface area contributed by atoms with Crippen LogP contribution in [0.3, 0.4) is 0 Å². The van der Waals surface area contributed by atoms with Crippen LogP contribution in [0.25, 0.3) is 0 Å². The molecule has 0 fully saturated rings. The molecule has 6 nitrogen and oxygen atoms in total. The first-order valence-electron chi connectivity index (χ1n) is 7.88. The van der Waals surface area contributed by atoms with Crippen LogP contribution in [0.4, 0.5) is 0 Å². The Morgan fingerprint density at radius 3 is 2.61 bits per heavy atom. The molecule has 0 bridgehead atoms. The van der Waals surface area contributed by atoms with Gasteiger partial charge in [-0.3, -0.25) is 0 Å². The molecule has 1 aromatic carbocycles. The zero-order valence-electron chi connectivity index (χ0n) is 13.8. The molecule has 0 radical (unpaired) electrons. The Labute approximate surface area is 137 Å².